The van der Waals surface area contributed by atoms with Crippen molar-refractivity contribution < 1.29 is 19.0 Å². The highest BCUT2D eigenvalue weighted by molar-refractivity contribution is 5.36. The van der Waals surface area contributed by atoms with Crippen LogP contribution in [-0.2, 0) is 4.74 Å². The van der Waals surface area contributed by atoms with E-state index in [9.17, 15) is 9.50 Å². The lowest BCUT2D eigenvalue weighted by atomic mass is 10.0. The Morgan fingerprint density at radius 1 is 1.42 bits per heavy atom. The molecule has 1 fully saturated rings. The molecule has 1 heterocycles. The fourth-order valence-corrected chi connectivity index (χ4v) is 2.29. The third-order valence-electron chi connectivity index (χ3n) is 3.39. The van der Waals surface area contributed by atoms with Gasteiger partial charge in [0.2, 0.25) is 0 Å². The first-order chi connectivity index (χ1) is 9.22. The highest BCUT2D eigenvalue weighted by Crippen LogP contribution is 2.29. The Labute approximate surface area is 112 Å². The number of hydrogen-bond donors (Lipinski definition) is 1. The maximum Gasteiger partial charge on any atom is 0.132 e. The Morgan fingerprint density at radius 3 is 2.84 bits per heavy atom. The van der Waals surface area contributed by atoms with Crippen LogP contribution in [-0.4, -0.2) is 50.0 Å². The third kappa shape index (κ3) is 3.65. The molecule has 1 N–H and O–H groups in total. The lowest BCUT2D eigenvalue weighted by molar-refractivity contribution is 0.0296. The summed E-state index contributed by atoms with van der Waals surface area (Å²) in [5, 5.41) is 10.2. The molecule has 19 heavy (non-hydrogen) atoms. The van der Waals surface area contributed by atoms with Crippen LogP contribution >= 0.6 is 0 Å². The van der Waals surface area contributed by atoms with E-state index < -0.39 is 11.9 Å². The van der Waals surface area contributed by atoms with E-state index in [4.69, 9.17) is 9.47 Å². The van der Waals surface area contributed by atoms with E-state index >= 15 is 0 Å². The standard InChI is InChI=1S/C14H20FNO3/c1-18-13-4-2-3-11(15)14(13)12(17)5-6-16-7-9-19-10-8-16/h2-4,12,17H,5-10H2,1H3. The minimum atomic E-state index is -0.848. The molecule has 1 unspecified atom stereocenters. The summed E-state index contributed by atoms with van der Waals surface area (Å²) in [6.45, 7) is 3.89. The number of methoxy groups -OCH3 is 1. The average Bonchev–Trinajstić information content (AvgIpc) is 2.45. The van der Waals surface area contributed by atoms with E-state index in [1.54, 1.807) is 12.1 Å². The molecular weight excluding hydrogens is 249 g/mol. The summed E-state index contributed by atoms with van der Waals surface area (Å²) in [5.41, 5.74) is 0.248. The first-order valence-electron chi connectivity index (χ1n) is 6.53. The van der Waals surface area contributed by atoms with Crippen LogP contribution in [0.3, 0.4) is 0 Å². The number of nitrogens with zero attached hydrogens (tertiary/aromatic N) is 1. The minimum absolute atomic E-state index is 0.248. The molecule has 0 bridgehead atoms. The molecular formula is C14H20FNO3. The van der Waals surface area contributed by atoms with Crippen LogP contribution in [0.25, 0.3) is 0 Å². The molecule has 0 aromatic heterocycles. The second-order valence-electron chi connectivity index (χ2n) is 4.61. The van der Waals surface area contributed by atoms with Gasteiger partial charge in [-0.15, -0.1) is 0 Å². The van der Waals surface area contributed by atoms with Crippen LogP contribution in [0, 0.1) is 5.82 Å². The first kappa shape index (κ1) is 14.2. The van der Waals surface area contributed by atoms with Gasteiger partial charge in [-0.1, -0.05) is 6.07 Å². The quantitative estimate of drug-likeness (QED) is 0.881. The van der Waals surface area contributed by atoms with Gasteiger partial charge in [0, 0.05) is 19.6 Å². The molecule has 106 valence electrons. The van der Waals surface area contributed by atoms with E-state index in [1.165, 1.54) is 13.2 Å². The Hall–Kier alpha value is -1.17. The molecule has 1 aliphatic rings. The summed E-state index contributed by atoms with van der Waals surface area (Å²) in [6.07, 6.45) is -0.365. The molecule has 1 aromatic rings. The number of halogens is 1. The summed E-state index contributed by atoms with van der Waals surface area (Å²) in [4.78, 5) is 2.21. The zero-order chi connectivity index (χ0) is 13.7. The number of benzene rings is 1. The molecule has 0 radical (unpaired) electrons. The SMILES string of the molecule is COc1cccc(F)c1C(O)CCN1CCOCC1. The lowest BCUT2D eigenvalue weighted by Crippen LogP contribution is -2.37. The van der Waals surface area contributed by atoms with Crippen LogP contribution < -0.4 is 4.74 Å². The van der Waals surface area contributed by atoms with E-state index in [1.807, 2.05) is 0 Å². The fourth-order valence-electron chi connectivity index (χ4n) is 2.29. The molecule has 0 spiro atoms. The molecule has 0 aliphatic carbocycles. The highest BCUT2D eigenvalue weighted by Gasteiger charge is 2.19. The number of ether oxygens (including phenoxy) is 2. The molecule has 4 nitrogen and oxygen atoms in total. The topological polar surface area (TPSA) is 41.9 Å². The van der Waals surface area contributed by atoms with Crippen LogP contribution in [0.4, 0.5) is 4.39 Å². The van der Waals surface area contributed by atoms with Crippen molar-refractivity contribution in [2.75, 3.05) is 40.0 Å². The van der Waals surface area contributed by atoms with Crippen LogP contribution in [0.2, 0.25) is 0 Å². The van der Waals surface area contributed by atoms with Gasteiger partial charge in [-0.05, 0) is 18.6 Å². The van der Waals surface area contributed by atoms with Gasteiger partial charge in [0.25, 0.3) is 0 Å². The zero-order valence-electron chi connectivity index (χ0n) is 11.1. The molecule has 5 heteroatoms. The van der Waals surface area contributed by atoms with Gasteiger partial charge >= 0.3 is 0 Å². The monoisotopic (exact) mass is 269 g/mol. The lowest BCUT2D eigenvalue weighted by Gasteiger charge is -2.27. The van der Waals surface area contributed by atoms with Crippen LogP contribution in [0.15, 0.2) is 18.2 Å². The fraction of sp³-hybridized carbons (Fsp3) is 0.571. The largest absolute Gasteiger partial charge is 0.496 e. The molecule has 0 amide bonds. The van der Waals surface area contributed by atoms with E-state index in [-0.39, 0.29) is 5.56 Å². The van der Waals surface area contributed by atoms with Crippen LogP contribution in [0.1, 0.15) is 18.1 Å². The number of rotatable bonds is 5. The summed E-state index contributed by atoms with van der Waals surface area (Å²) in [7, 11) is 1.48. The van der Waals surface area contributed by atoms with Crippen molar-refractivity contribution in [3.05, 3.63) is 29.6 Å². The molecule has 0 saturated carbocycles. The highest BCUT2D eigenvalue weighted by atomic mass is 19.1. The zero-order valence-corrected chi connectivity index (χ0v) is 11.1. The van der Waals surface area contributed by atoms with Crippen LogP contribution in [0.5, 0.6) is 5.75 Å². The van der Waals surface area contributed by atoms with Crippen molar-refractivity contribution in [3.63, 3.8) is 0 Å². The number of aliphatic hydroxyl groups is 1. The first-order valence-corrected chi connectivity index (χ1v) is 6.53. The van der Waals surface area contributed by atoms with Gasteiger partial charge in [0.15, 0.2) is 0 Å². The second kappa shape index (κ2) is 6.84. The van der Waals surface area contributed by atoms with Crippen molar-refractivity contribution in [3.8, 4) is 5.75 Å². The average molecular weight is 269 g/mol. The predicted octanol–water partition coefficient (Wildman–Crippen LogP) is 1.59. The Morgan fingerprint density at radius 2 is 2.16 bits per heavy atom. The summed E-state index contributed by atoms with van der Waals surface area (Å²) < 4.78 is 24.1. The van der Waals surface area contributed by atoms with Crippen molar-refractivity contribution >= 4 is 0 Å². The van der Waals surface area contributed by atoms with Crippen molar-refractivity contribution in [2.45, 2.75) is 12.5 Å². The molecule has 2 rings (SSSR count). The Balaban J connectivity index is 1.97. The molecule has 1 atom stereocenters. The van der Waals surface area contributed by atoms with Gasteiger partial charge in [-0.25, -0.2) is 4.39 Å². The summed E-state index contributed by atoms with van der Waals surface area (Å²) in [6, 6.07) is 4.58. The maximum atomic E-state index is 13.8. The smallest absolute Gasteiger partial charge is 0.132 e. The van der Waals surface area contributed by atoms with Gasteiger partial charge in [0.05, 0.1) is 32.0 Å². The van der Waals surface area contributed by atoms with E-state index in [0.717, 1.165) is 32.8 Å². The summed E-state index contributed by atoms with van der Waals surface area (Å²) >= 11 is 0. The predicted molar refractivity (Wildman–Crippen MR) is 69.8 cm³/mol. The summed E-state index contributed by atoms with van der Waals surface area (Å²) in [5.74, 6) is -0.0247. The van der Waals surface area contributed by atoms with Crippen molar-refractivity contribution in [1.82, 2.24) is 4.90 Å². The van der Waals surface area contributed by atoms with Crippen molar-refractivity contribution in [2.24, 2.45) is 0 Å². The Bertz CT molecular complexity index is 408. The van der Waals surface area contributed by atoms with Gasteiger partial charge < -0.3 is 14.6 Å². The van der Waals surface area contributed by atoms with Gasteiger partial charge in [0.1, 0.15) is 11.6 Å². The van der Waals surface area contributed by atoms with Gasteiger partial charge in [-0.3, -0.25) is 4.90 Å². The normalized spacial score (nSPS) is 18.3. The molecule has 1 aliphatic heterocycles. The maximum absolute atomic E-state index is 13.8. The number of hydrogen-bond acceptors (Lipinski definition) is 4. The van der Waals surface area contributed by atoms with E-state index in [2.05, 4.69) is 4.90 Å². The molecule has 1 saturated heterocycles. The minimum Gasteiger partial charge on any atom is -0.496 e. The third-order valence-corrected chi connectivity index (χ3v) is 3.39. The molecule has 1 aromatic carbocycles. The van der Waals surface area contributed by atoms with Crippen molar-refractivity contribution in [1.29, 1.82) is 0 Å². The number of morpholine rings is 1. The Kier molecular flexibility index (Phi) is 5.13. The second-order valence-corrected chi connectivity index (χ2v) is 4.61. The number of aliphatic hydroxyl groups excluding tert-OH is 1. The van der Waals surface area contributed by atoms with Gasteiger partial charge in [-0.2, -0.15) is 0 Å². The van der Waals surface area contributed by atoms with E-state index in [0.29, 0.717) is 12.2 Å².